The SMILES string of the molecule is CC1(CNCc2ncc[nH]2)CCC1. The molecule has 1 aromatic heterocycles. The fourth-order valence-electron chi connectivity index (χ4n) is 1.83. The second-order valence-electron chi connectivity index (χ2n) is 4.30. The molecule has 0 bridgehead atoms. The third-order valence-electron chi connectivity index (χ3n) is 2.96. The lowest BCUT2D eigenvalue weighted by Crippen LogP contribution is -2.37. The summed E-state index contributed by atoms with van der Waals surface area (Å²) in [6.45, 7) is 4.34. The van der Waals surface area contributed by atoms with Gasteiger partial charge in [-0.15, -0.1) is 0 Å². The van der Waals surface area contributed by atoms with E-state index in [4.69, 9.17) is 0 Å². The average Bonchev–Trinajstić information content (AvgIpc) is 2.54. The third kappa shape index (κ3) is 2.10. The molecule has 1 aliphatic rings. The molecular formula is C10H17N3. The predicted molar refractivity (Wildman–Crippen MR) is 52.3 cm³/mol. The van der Waals surface area contributed by atoms with E-state index in [9.17, 15) is 0 Å². The molecular weight excluding hydrogens is 162 g/mol. The first-order valence-corrected chi connectivity index (χ1v) is 4.98. The molecule has 3 heteroatoms. The number of aromatic nitrogens is 2. The molecule has 72 valence electrons. The van der Waals surface area contributed by atoms with Gasteiger partial charge in [0.1, 0.15) is 5.82 Å². The zero-order valence-electron chi connectivity index (χ0n) is 8.14. The van der Waals surface area contributed by atoms with Gasteiger partial charge in [-0.05, 0) is 18.3 Å². The summed E-state index contributed by atoms with van der Waals surface area (Å²) in [5.41, 5.74) is 0.562. The highest BCUT2D eigenvalue weighted by Crippen LogP contribution is 2.39. The largest absolute Gasteiger partial charge is 0.348 e. The highest BCUT2D eigenvalue weighted by atomic mass is 15.0. The van der Waals surface area contributed by atoms with E-state index in [-0.39, 0.29) is 0 Å². The Morgan fingerprint density at radius 2 is 2.46 bits per heavy atom. The summed E-state index contributed by atoms with van der Waals surface area (Å²) >= 11 is 0. The van der Waals surface area contributed by atoms with Crippen LogP contribution in [0.1, 0.15) is 32.0 Å². The minimum Gasteiger partial charge on any atom is -0.348 e. The quantitative estimate of drug-likeness (QED) is 0.738. The molecule has 1 aliphatic carbocycles. The van der Waals surface area contributed by atoms with Crippen molar-refractivity contribution >= 4 is 0 Å². The zero-order valence-corrected chi connectivity index (χ0v) is 8.14. The third-order valence-corrected chi connectivity index (χ3v) is 2.96. The zero-order chi connectivity index (χ0) is 9.15. The van der Waals surface area contributed by atoms with Gasteiger partial charge in [-0.2, -0.15) is 0 Å². The normalized spacial score (nSPS) is 19.8. The second-order valence-corrected chi connectivity index (χ2v) is 4.30. The van der Waals surface area contributed by atoms with Crippen molar-refractivity contribution in [2.45, 2.75) is 32.7 Å². The lowest BCUT2D eigenvalue weighted by Gasteiger charge is -2.38. The smallest absolute Gasteiger partial charge is 0.120 e. The Morgan fingerprint density at radius 1 is 1.62 bits per heavy atom. The first kappa shape index (κ1) is 8.75. The first-order valence-electron chi connectivity index (χ1n) is 4.98. The molecule has 0 spiro atoms. The molecule has 1 saturated carbocycles. The highest BCUT2D eigenvalue weighted by Gasteiger charge is 2.30. The van der Waals surface area contributed by atoms with Crippen molar-refractivity contribution in [3.8, 4) is 0 Å². The lowest BCUT2D eigenvalue weighted by atomic mass is 9.70. The molecule has 0 amide bonds. The Hall–Kier alpha value is -0.830. The number of aromatic amines is 1. The van der Waals surface area contributed by atoms with Gasteiger partial charge < -0.3 is 10.3 Å². The Kier molecular flexibility index (Phi) is 2.36. The number of nitrogens with zero attached hydrogens (tertiary/aromatic N) is 1. The summed E-state index contributed by atoms with van der Waals surface area (Å²) in [7, 11) is 0. The fraction of sp³-hybridized carbons (Fsp3) is 0.700. The molecule has 1 fully saturated rings. The summed E-state index contributed by atoms with van der Waals surface area (Å²) in [4.78, 5) is 7.25. The van der Waals surface area contributed by atoms with Gasteiger partial charge in [0, 0.05) is 18.9 Å². The molecule has 0 aliphatic heterocycles. The summed E-state index contributed by atoms with van der Waals surface area (Å²) < 4.78 is 0. The van der Waals surface area contributed by atoms with E-state index in [1.54, 1.807) is 6.20 Å². The summed E-state index contributed by atoms with van der Waals surface area (Å²) in [6.07, 6.45) is 7.80. The van der Waals surface area contributed by atoms with Crippen LogP contribution in [-0.4, -0.2) is 16.5 Å². The monoisotopic (exact) mass is 179 g/mol. The summed E-state index contributed by atoms with van der Waals surface area (Å²) in [6, 6.07) is 0. The van der Waals surface area contributed by atoms with Crippen LogP contribution in [0.2, 0.25) is 0 Å². The molecule has 1 heterocycles. The van der Waals surface area contributed by atoms with Crippen LogP contribution in [0.4, 0.5) is 0 Å². The van der Waals surface area contributed by atoms with Gasteiger partial charge >= 0.3 is 0 Å². The van der Waals surface area contributed by atoms with Crippen LogP contribution < -0.4 is 5.32 Å². The van der Waals surface area contributed by atoms with Crippen molar-refractivity contribution in [1.29, 1.82) is 0 Å². The number of H-pyrrole nitrogens is 1. The number of rotatable bonds is 4. The molecule has 0 unspecified atom stereocenters. The molecule has 0 saturated heterocycles. The predicted octanol–water partition coefficient (Wildman–Crippen LogP) is 1.69. The standard InChI is InChI=1S/C10H17N3/c1-10(3-2-4-10)8-11-7-9-12-5-6-13-9/h5-6,11H,2-4,7-8H2,1H3,(H,12,13). The maximum absolute atomic E-state index is 4.16. The maximum atomic E-state index is 4.16. The van der Waals surface area contributed by atoms with Crippen LogP contribution in [0.15, 0.2) is 12.4 Å². The summed E-state index contributed by atoms with van der Waals surface area (Å²) in [5.74, 6) is 1.03. The second kappa shape index (κ2) is 3.50. The highest BCUT2D eigenvalue weighted by molar-refractivity contribution is 4.89. The van der Waals surface area contributed by atoms with Crippen molar-refractivity contribution in [3.63, 3.8) is 0 Å². The van der Waals surface area contributed by atoms with Gasteiger partial charge in [0.25, 0.3) is 0 Å². The summed E-state index contributed by atoms with van der Waals surface area (Å²) in [5, 5.41) is 3.44. The Bertz CT molecular complexity index is 249. The minimum atomic E-state index is 0.562. The van der Waals surface area contributed by atoms with E-state index in [0.717, 1.165) is 18.9 Å². The number of imidazole rings is 1. The Labute approximate surface area is 79.0 Å². The Morgan fingerprint density at radius 3 is 3.00 bits per heavy atom. The molecule has 2 N–H and O–H groups in total. The van der Waals surface area contributed by atoms with Gasteiger partial charge in [0.15, 0.2) is 0 Å². The molecule has 2 rings (SSSR count). The van der Waals surface area contributed by atoms with Crippen LogP contribution in [0.3, 0.4) is 0 Å². The number of hydrogen-bond acceptors (Lipinski definition) is 2. The van der Waals surface area contributed by atoms with Crippen LogP contribution in [0.25, 0.3) is 0 Å². The van der Waals surface area contributed by atoms with Crippen molar-refractivity contribution in [2.75, 3.05) is 6.54 Å². The first-order chi connectivity index (χ1) is 6.29. The lowest BCUT2D eigenvalue weighted by molar-refractivity contribution is 0.156. The van der Waals surface area contributed by atoms with E-state index in [1.807, 2.05) is 6.20 Å². The van der Waals surface area contributed by atoms with E-state index in [1.165, 1.54) is 19.3 Å². The minimum absolute atomic E-state index is 0.562. The van der Waals surface area contributed by atoms with Crippen molar-refractivity contribution in [3.05, 3.63) is 18.2 Å². The number of hydrogen-bond donors (Lipinski definition) is 2. The van der Waals surface area contributed by atoms with E-state index in [0.29, 0.717) is 5.41 Å². The van der Waals surface area contributed by atoms with Crippen molar-refractivity contribution in [2.24, 2.45) is 5.41 Å². The van der Waals surface area contributed by atoms with Crippen molar-refractivity contribution in [1.82, 2.24) is 15.3 Å². The number of nitrogens with one attached hydrogen (secondary N) is 2. The fourth-order valence-corrected chi connectivity index (χ4v) is 1.83. The van der Waals surface area contributed by atoms with Gasteiger partial charge in [0.2, 0.25) is 0 Å². The molecule has 1 aromatic rings. The van der Waals surface area contributed by atoms with Crippen LogP contribution in [0.5, 0.6) is 0 Å². The van der Waals surface area contributed by atoms with Gasteiger partial charge in [0.05, 0.1) is 6.54 Å². The van der Waals surface area contributed by atoms with Crippen LogP contribution in [-0.2, 0) is 6.54 Å². The van der Waals surface area contributed by atoms with Gasteiger partial charge in [-0.1, -0.05) is 13.3 Å². The van der Waals surface area contributed by atoms with E-state index >= 15 is 0 Å². The molecule has 13 heavy (non-hydrogen) atoms. The maximum Gasteiger partial charge on any atom is 0.120 e. The molecule has 3 nitrogen and oxygen atoms in total. The van der Waals surface area contributed by atoms with E-state index < -0.39 is 0 Å². The topological polar surface area (TPSA) is 40.7 Å². The van der Waals surface area contributed by atoms with Gasteiger partial charge in [-0.25, -0.2) is 4.98 Å². The molecule has 0 atom stereocenters. The molecule has 0 radical (unpaired) electrons. The average molecular weight is 179 g/mol. The van der Waals surface area contributed by atoms with Crippen molar-refractivity contribution < 1.29 is 0 Å². The Balaban J connectivity index is 1.69. The van der Waals surface area contributed by atoms with Gasteiger partial charge in [-0.3, -0.25) is 0 Å². The van der Waals surface area contributed by atoms with E-state index in [2.05, 4.69) is 22.2 Å². The van der Waals surface area contributed by atoms with Crippen LogP contribution in [0, 0.1) is 5.41 Å². The van der Waals surface area contributed by atoms with Crippen LogP contribution >= 0.6 is 0 Å². The molecule has 0 aromatic carbocycles.